The predicted molar refractivity (Wildman–Crippen MR) is 21.3 cm³/mol. The summed E-state index contributed by atoms with van der Waals surface area (Å²) in [7, 11) is -4.67. The molecule has 0 rings (SSSR count). The van der Waals surface area contributed by atoms with Gasteiger partial charge in [-0.05, 0) is 0 Å². The van der Waals surface area contributed by atoms with Gasteiger partial charge in [-0.1, -0.05) is 0 Å². The van der Waals surface area contributed by atoms with Crippen molar-refractivity contribution in [2.24, 2.45) is 0 Å². The van der Waals surface area contributed by atoms with E-state index in [0.717, 1.165) is 0 Å². The maximum atomic E-state index is 8.74. The summed E-state index contributed by atoms with van der Waals surface area (Å²) in [6, 6.07) is 0. The fourth-order valence-corrected chi connectivity index (χ4v) is 0. The van der Waals surface area contributed by atoms with E-state index >= 15 is 0 Å². The normalized spacial score (nSPS) is 8.29. The molecular formula is H3O4RbSV. The van der Waals surface area contributed by atoms with E-state index in [1.165, 1.54) is 0 Å². The van der Waals surface area contributed by atoms with Crippen molar-refractivity contribution >= 4 is 68.6 Å². The topological polar surface area (TPSA) is 74.6 Å². The Bertz CT molecular complexity index is 94.9. The van der Waals surface area contributed by atoms with Crippen LogP contribution in [0.25, 0.3) is 0 Å². The van der Waals surface area contributed by atoms with Crippen LogP contribution in [0.3, 0.4) is 0 Å². The summed E-state index contributed by atoms with van der Waals surface area (Å²) in [5.41, 5.74) is 0. The van der Waals surface area contributed by atoms with Crippen LogP contribution >= 0.6 is 0 Å². The average Bonchev–Trinajstić information content (AvgIpc) is 0.722. The minimum Gasteiger partial charge on any atom is 0 e. The Balaban J connectivity index is -0.0000000800. The Labute approximate surface area is 102 Å². The standard InChI is InChI=1S/H2O4S.Rb.V.H/c1-5(2,3)4;;;/h(H2,1,2,3,4);;;. The summed E-state index contributed by atoms with van der Waals surface area (Å²) in [6.07, 6.45) is 0. The van der Waals surface area contributed by atoms with Gasteiger partial charge in [-0.25, -0.2) is 0 Å². The van der Waals surface area contributed by atoms with Crippen LogP contribution < -0.4 is 0 Å². The first-order valence-corrected chi connectivity index (χ1v) is 2.10. The molecule has 0 saturated heterocycles. The first-order valence-electron chi connectivity index (χ1n) is 0.698. The molecule has 0 heterocycles. The fourth-order valence-electron chi connectivity index (χ4n) is 0. The van der Waals surface area contributed by atoms with Crippen molar-refractivity contribution in [2.75, 3.05) is 0 Å². The third-order valence-corrected chi connectivity index (χ3v) is 0. The molecule has 0 aliphatic rings. The molecule has 7 heteroatoms. The maximum absolute atomic E-state index is 8.74. The van der Waals surface area contributed by atoms with Gasteiger partial charge in [0, 0.05) is 18.6 Å². The molecule has 0 aromatic rings. The second-order valence-electron chi connectivity index (χ2n) is 0.448. The molecule has 4 nitrogen and oxygen atoms in total. The van der Waals surface area contributed by atoms with Crippen LogP contribution in [-0.4, -0.2) is 75.7 Å². The molecule has 0 amide bonds. The predicted octanol–water partition coefficient (Wildman–Crippen LogP) is -1.30. The van der Waals surface area contributed by atoms with Gasteiger partial charge in [0.1, 0.15) is 0 Å². The van der Waals surface area contributed by atoms with Gasteiger partial charge in [0.2, 0.25) is 0 Å². The van der Waals surface area contributed by atoms with Gasteiger partial charge in [-0.3, -0.25) is 9.11 Å². The minimum atomic E-state index is -4.67. The van der Waals surface area contributed by atoms with E-state index in [-0.39, 0.29) is 76.7 Å². The van der Waals surface area contributed by atoms with Crippen LogP contribution in [0.4, 0.5) is 0 Å². The number of hydrogen-bond donors (Lipinski definition) is 2. The Kier molecular flexibility index (Phi) is 14.7. The molecule has 39 valence electrons. The van der Waals surface area contributed by atoms with E-state index in [1.807, 2.05) is 0 Å². The zero-order valence-electron chi connectivity index (χ0n) is 2.57. The van der Waals surface area contributed by atoms with Gasteiger partial charge in [0.05, 0.1) is 0 Å². The van der Waals surface area contributed by atoms with Crippen LogP contribution in [0.15, 0.2) is 0 Å². The second-order valence-corrected chi connectivity index (χ2v) is 1.34. The Morgan fingerprint density at radius 1 is 1.14 bits per heavy atom. The van der Waals surface area contributed by atoms with Crippen molar-refractivity contribution < 1.29 is 36.1 Å². The minimum absolute atomic E-state index is 0. The maximum Gasteiger partial charge on any atom is 0 e. The molecule has 0 saturated carbocycles. The molecule has 0 atom stereocenters. The smallest absolute Gasteiger partial charge is 0 e. The molecule has 0 fully saturated rings. The largest absolute Gasteiger partial charge is 0 e. The van der Waals surface area contributed by atoms with E-state index in [2.05, 4.69) is 0 Å². The molecular weight excluding hydrogens is 232 g/mol. The van der Waals surface area contributed by atoms with Crippen LogP contribution in [0.5, 0.6) is 0 Å². The van der Waals surface area contributed by atoms with Crippen molar-refractivity contribution in [3.8, 4) is 0 Å². The van der Waals surface area contributed by atoms with E-state index in [1.54, 1.807) is 0 Å². The molecule has 0 aromatic carbocycles. The van der Waals surface area contributed by atoms with Gasteiger partial charge >= 0.3 is 68.6 Å². The van der Waals surface area contributed by atoms with Crippen LogP contribution in [0.1, 0.15) is 0 Å². The first kappa shape index (κ1) is 16.1. The third-order valence-electron chi connectivity index (χ3n) is 0. The Hall–Kier alpha value is 2.26. The summed E-state index contributed by atoms with van der Waals surface area (Å²) in [4.78, 5) is 0. The van der Waals surface area contributed by atoms with Crippen molar-refractivity contribution in [3.63, 3.8) is 0 Å². The van der Waals surface area contributed by atoms with Crippen molar-refractivity contribution in [3.05, 3.63) is 0 Å². The van der Waals surface area contributed by atoms with E-state index in [9.17, 15) is 0 Å². The van der Waals surface area contributed by atoms with Gasteiger partial charge in [0.15, 0.2) is 0 Å². The second kappa shape index (κ2) is 6.38. The number of rotatable bonds is 0. The zero-order chi connectivity index (χ0) is 4.50. The van der Waals surface area contributed by atoms with Gasteiger partial charge in [-0.2, -0.15) is 8.42 Å². The molecule has 2 N–H and O–H groups in total. The molecule has 0 aliphatic carbocycles. The molecule has 0 bridgehead atoms. The summed E-state index contributed by atoms with van der Waals surface area (Å²) >= 11 is 0. The number of hydrogen-bond acceptors (Lipinski definition) is 2. The van der Waals surface area contributed by atoms with E-state index < -0.39 is 10.4 Å². The molecule has 1 radical (unpaired) electrons. The zero-order valence-corrected chi connectivity index (χ0v) is 4.78. The summed E-state index contributed by atoms with van der Waals surface area (Å²) in [6.45, 7) is 0. The van der Waals surface area contributed by atoms with Crippen molar-refractivity contribution in [2.45, 2.75) is 0 Å². The van der Waals surface area contributed by atoms with Gasteiger partial charge < -0.3 is 0 Å². The third kappa shape index (κ3) is 63.4. The molecule has 0 unspecified atom stereocenters. The van der Waals surface area contributed by atoms with Crippen molar-refractivity contribution in [1.29, 1.82) is 0 Å². The van der Waals surface area contributed by atoms with Gasteiger partial charge in [0.25, 0.3) is 0 Å². The molecule has 0 spiro atoms. The molecule has 0 aliphatic heterocycles. The summed E-state index contributed by atoms with van der Waals surface area (Å²) < 4.78 is 31.6. The average molecular weight is 235 g/mol. The van der Waals surface area contributed by atoms with Gasteiger partial charge in [-0.15, -0.1) is 0 Å². The van der Waals surface area contributed by atoms with E-state index in [0.29, 0.717) is 0 Å². The summed E-state index contributed by atoms with van der Waals surface area (Å²) in [5, 5.41) is 0. The van der Waals surface area contributed by atoms with E-state index in [4.69, 9.17) is 17.5 Å². The fraction of sp³-hybridized carbons (Fsp3) is 0. The SMILES string of the molecule is O=S(=O)(O)O.[RbH].[V]. The van der Waals surface area contributed by atoms with Crippen LogP contribution in [0.2, 0.25) is 0 Å². The monoisotopic (exact) mass is 235 g/mol. The summed E-state index contributed by atoms with van der Waals surface area (Å²) in [5.74, 6) is 0. The van der Waals surface area contributed by atoms with Crippen molar-refractivity contribution in [1.82, 2.24) is 0 Å². The molecule has 0 aromatic heterocycles. The molecule has 7 heavy (non-hydrogen) atoms. The van der Waals surface area contributed by atoms with Crippen LogP contribution in [0, 0.1) is 0 Å². The quantitative estimate of drug-likeness (QED) is 0.512. The Morgan fingerprint density at radius 3 is 1.14 bits per heavy atom. The van der Waals surface area contributed by atoms with Crippen LogP contribution in [-0.2, 0) is 29.0 Å². The Morgan fingerprint density at radius 2 is 1.14 bits per heavy atom. The first-order chi connectivity index (χ1) is 2.00.